The molecule has 25 heavy (non-hydrogen) atoms. The third-order valence-electron chi connectivity index (χ3n) is 4.29. The highest BCUT2D eigenvalue weighted by Crippen LogP contribution is 2.19. The van der Waals surface area contributed by atoms with Gasteiger partial charge in [-0.3, -0.25) is 14.4 Å². The Hall–Kier alpha value is -2.08. The van der Waals surface area contributed by atoms with E-state index in [0.29, 0.717) is 30.2 Å². The van der Waals surface area contributed by atoms with Crippen molar-refractivity contribution < 1.29 is 14.4 Å². The van der Waals surface area contributed by atoms with Crippen LogP contribution in [-0.2, 0) is 14.4 Å². The fraction of sp³-hybridized carbons (Fsp3) is 0.500. The van der Waals surface area contributed by atoms with Crippen LogP contribution >= 0.6 is 11.6 Å². The molecular formula is C18H24ClN3O3. The summed E-state index contributed by atoms with van der Waals surface area (Å²) in [5, 5.41) is 3.26. The Morgan fingerprint density at radius 1 is 1.36 bits per heavy atom. The van der Waals surface area contributed by atoms with Gasteiger partial charge in [-0.05, 0) is 31.0 Å². The van der Waals surface area contributed by atoms with Crippen LogP contribution in [0.4, 0.5) is 5.69 Å². The summed E-state index contributed by atoms with van der Waals surface area (Å²) in [5.74, 6) is -0.558. The highest BCUT2D eigenvalue weighted by atomic mass is 35.5. The standard InChI is InChI=1S/C18H24ClN3O3/c1-3-17(24)22-9-5-6-13(11-22)18(25)21(2)12-16(23)20-15-8-4-7-14(19)10-15/h4,7-8,10,13H,3,5-6,9,11-12H2,1-2H3,(H,20,23). The Bertz CT molecular complexity index is 650. The number of rotatable bonds is 5. The summed E-state index contributed by atoms with van der Waals surface area (Å²) in [7, 11) is 1.61. The van der Waals surface area contributed by atoms with Crippen LogP contribution in [0.5, 0.6) is 0 Å². The van der Waals surface area contributed by atoms with Gasteiger partial charge in [-0.1, -0.05) is 24.6 Å². The molecule has 3 amide bonds. The molecule has 0 saturated carbocycles. The monoisotopic (exact) mass is 365 g/mol. The van der Waals surface area contributed by atoms with E-state index in [1.165, 1.54) is 4.90 Å². The molecule has 1 heterocycles. The SMILES string of the molecule is CCC(=O)N1CCCC(C(=O)N(C)CC(=O)Nc2cccc(Cl)c2)C1. The molecule has 0 bridgehead atoms. The zero-order valence-electron chi connectivity index (χ0n) is 14.6. The second-order valence-electron chi connectivity index (χ2n) is 6.29. The minimum atomic E-state index is -0.282. The summed E-state index contributed by atoms with van der Waals surface area (Å²) in [6, 6.07) is 6.85. The number of carbonyl (C=O) groups excluding carboxylic acids is 3. The maximum atomic E-state index is 12.6. The summed E-state index contributed by atoms with van der Waals surface area (Å²) in [5.41, 5.74) is 0.593. The van der Waals surface area contributed by atoms with E-state index in [1.54, 1.807) is 36.2 Å². The van der Waals surface area contributed by atoms with Crippen LogP contribution in [0.25, 0.3) is 0 Å². The number of amides is 3. The Balaban J connectivity index is 1.88. The number of nitrogens with zero attached hydrogens (tertiary/aromatic N) is 2. The number of carbonyl (C=O) groups is 3. The summed E-state index contributed by atoms with van der Waals surface area (Å²) >= 11 is 5.89. The second-order valence-corrected chi connectivity index (χ2v) is 6.72. The Morgan fingerprint density at radius 2 is 2.12 bits per heavy atom. The highest BCUT2D eigenvalue weighted by molar-refractivity contribution is 6.30. The number of hydrogen-bond donors (Lipinski definition) is 1. The van der Waals surface area contributed by atoms with E-state index in [2.05, 4.69) is 5.32 Å². The van der Waals surface area contributed by atoms with Crippen molar-refractivity contribution >= 4 is 35.0 Å². The van der Waals surface area contributed by atoms with Gasteiger partial charge >= 0.3 is 0 Å². The van der Waals surface area contributed by atoms with E-state index in [1.807, 2.05) is 6.92 Å². The zero-order chi connectivity index (χ0) is 18.4. The maximum Gasteiger partial charge on any atom is 0.243 e. The maximum absolute atomic E-state index is 12.6. The Kier molecular flexibility index (Phi) is 6.82. The van der Waals surface area contributed by atoms with E-state index in [0.717, 1.165) is 12.8 Å². The molecule has 7 heteroatoms. The summed E-state index contributed by atoms with van der Waals surface area (Å²) in [4.78, 5) is 39.7. The number of hydrogen-bond acceptors (Lipinski definition) is 3. The summed E-state index contributed by atoms with van der Waals surface area (Å²) in [6.45, 7) is 2.92. The fourth-order valence-electron chi connectivity index (χ4n) is 3.00. The molecule has 2 rings (SSSR count). The van der Waals surface area contributed by atoms with E-state index >= 15 is 0 Å². The molecule has 0 spiro atoms. The van der Waals surface area contributed by atoms with Gasteiger partial charge in [0, 0.05) is 37.3 Å². The number of benzene rings is 1. The third-order valence-corrected chi connectivity index (χ3v) is 4.53. The van der Waals surface area contributed by atoms with E-state index < -0.39 is 0 Å². The van der Waals surface area contributed by atoms with Gasteiger partial charge in [-0.25, -0.2) is 0 Å². The second kappa shape index (κ2) is 8.85. The van der Waals surface area contributed by atoms with Crippen LogP contribution in [0.1, 0.15) is 26.2 Å². The molecule has 1 N–H and O–H groups in total. The van der Waals surface area contributed by atoms with Gasteiger partial charge in [-0.15, -0.1) is 0 Å². The lowest BCUT2D eigenvalue weighted by atomic mass is 9.96. The largest absolute Gasteiger partial charge is 0.342 e. The molecule has 0 radical (unpaired) electrons. The van der Waals surface area contributed by atoms with Gasteiger partial charge in [0.05, 0.1) is 12.5 Å². The van der Waals surface area contributed by atoms with Crippen molar-refractivity contribution in [3.05, 3.63) is 29.3 Å². The van der Waals surface area contributed by atoms with Crippen molar-refractivity contribution in [2.45, 2.75) is 26.2 Å². The van der Waals surface area contributed by atoms with Gasteiger partial charge in [0.15, 0.2) is 0 Å². The quantitative estimate of drug-likeness (QED) is 0.871. The molecule has 136 valence electrons. The zero-order valence-corrected chi connectivity index (χ0v) is 15.4. The van der Waals surface area contributed by atoms with Crippen molar-refractivity contribution in [1.82, 2.24) is 9.80 Å². The van der Waals surface area contributed by atoms with Gasteiger partial charge in [0.2, 0.25) is 17.7 Å². The molecule has 1 saturated heterocycles. The van der Waals surface area contributed by atoms with Gasteiger partial charge in [-0.2, -0.15) is 0 Å². The molecule has 1 aliphatic heterocycles. The molecule has 1 atom stereocenters. The Labute approximate surface area is 153 Å². The Morgan fingerprint density at radius 3 is 2.80 bits per heavy atom. The fourth-order valence-corrected chi connectivity index (χ4v) is 3.19. The molecule has 0 aromatic heterocycles. The minimum absolute atomic E-state index is 0.0381. The number of likely N-dealkylation sites (N-methyl/N-ethyl adjacent to an activating group) is 1. The average Bonchev–Trinajstić information content (AvgIpc) is 2.60. The van der Waals surface area contributed by atoms with Crippen LogP contribution in [0.15, 0.2) is 24.3 Å². The van der Waals surface area contributed by atoms with Gasteiger partial charge in [0.1, 0.15) is 0 Å². The molecule has 1 aromatic carbocycles. The number of piperidine rings is 1. The molecule has 0 aliphatic carbocycles. The smallest absolute Gasteiger partial charge is 0.243 e. The number of anilines is 1. The number of halogens is 1. The van der Waals surface area contributed by atoms with Crippen LogP contribution in [-0.4, -0.2) is 54.2 Å². The summed E-state index contributed by atoms with van der Waals surface area (Å²) in [6.07, 6.45) is 2.00. The van der Waals surface area contributed by atoms with E-state index in [4.69, 9.17) is 11.6 Å². The highest BCUT2D eigenvalue weighted by Gasteiger charge is 2.30. The van der Waals surface area contributed by atoms with Crippen LogP contribution in [0.3, 0.4) is 0 Å². The molecule has 6 nitrogen and oxygen atoms in total. The third kappa shape index (κ3) is 5.46. The molecule has 1 aromatic rings. The number of likely N-dealkylation sites (tertiary alicyclic amines) is 1. The van der Waals surface area contributed by atoms with E-state index in [9.17, 15) is 14.4 Å². The van der Waals surface area contributed by atoms with Crippen molar-refractivity contribution in [1.29, 1.82) is 0 Å². The molecule has 1 fully saturated rings. The topological polar surface area (TPSA) is 69.7 Å². The van der Waals surface area contributed by atoms with Crippen molar-refractivity contribution in [3.63, 3.8) is 0 Å². The molecular weight excluding hydrogens is 342 g/mol. The first-order valence-corrected chi connectivity index (χ1v) is 8.86. The van der Waals surface area contributed by atoms with Crippen LogP contribution in [0, 0.1) is 5.92 Å². The number of nitrogens with one attached hydrogen (secondary N) is 1. The van der Waals surface area contributed by atoms with Gasteiger partial charge < -0.3 is 15.1 Å². The average molecular weight is 366 g/mol. The normalized spacial score (nSPS) is 17.1. The first-order chi connectivity index (χ1) is 11.9. The van der Waals surface area contributed by atoms with Crippen molar-refractivity contribution in [2.24, 2.45) is 5.92 Å². The van der Waals surface area contributed by atoms with Crippen molar-refractivity contribution in [2.75, 3.05) is 32.0 Å². The van der Waals surface area contributed by atoms with E-state index in [-0.39, 0.29) is 30.2 Å². The first-order valence-electron chi connectivity index (χ1n) is 8.49. The predicted molar refractivity (Wildman–Crippen MR) is 97.3 cm³/mol. The van der Waals surface area contributed by atoms with Gasteiger partial charge in [0.25, 0.3) is 0 Å². The van der Waals surface area contributed by atoms with Crippen LogP contribution < -0.4 is 5.32 Å². The lowest BCUT2D eigenvalue weighted by molar-refractivity contribution is -0.141. The molecule has 1 unspecified atom stereocenters. The van der Waals surface area contributed by atoms with Crippen molar-refractivity contribution in [3.8, 4) is 0 Å². The summed E-state index contributed by atoms with van der Waals surface area (Å²) < 4.78 is 0. The minimum Gasteiger partial charge on any atom is -0.342 e. The lowest BCUT2D eigenvalue weighted by Crippen LogP contribution is -2.47. The first kappa shape index (κ1) is 19.2. The molecule has 1 aliphatic rings. The lowest BCUT2D eigenvalue weighted by Gasteiger charge is -2.33. The van der Waals surface area contributed by atoms with Crippen LogP contribution in [0.2, 0.25) is 5.02 Å². The predicted octanol–water partition coefficient (Wildman–Crippen LogP) is 2.39.